The lowest BCUT2D eigenvalue weighted by molar-refractivity contribution is -0.143. The molecular formula is C27H21F8NO. The van der Waals surface area contributed by atoms with Crippen molar-refractivity contribution in [2.75, 3.05) is 13.1 Å². The standard InChI is InChI=1S/C27H21F8NO/c28-20-7-2-16(3-8-20)25(17-4-9-21(29)10-5-17)22-15-36(12-11-24(22)37)14-18-1-6-19(26(30,31)32)13-23(18)27(33,34)35/h1-10,13,22,25H,11-12,14-15H2. The van der Waals surface area contributed by atoms with E-state index in [1.54, 1.807) is 4.90 Å². The first-order valence-corrected chi connectivity index (χ1v) is 11.4. The molecule has 2 nitrogen and oxygen atoms in total. The van der Waals surface area contributed by atoms with Crippen molar-refractivity contribution in [1.82, 2.24) is 4.90 Å². The monoisotopic (exact) mass is 527 g/mol. The second-order valence-electron chi connectivity index (χ2n) is 9.01. The molecule has 196 valence electrons. The molecule has 0 aliphatic carbocycles. The van der Waals surface area contributed by atoms with Gasteiger partial charge in [0.1, 0.15) is 17.4 Å². The fourth-order valence-electron chi connectivity index (χ4n) is 4.75. The number of Topliss-reactive ketones (excluding diaryl/α,β-unsaturated/α-hetero) is 1. The van der Waals surface area contributed by atoms with E-state index in [9.17, 15) is 39.9 Å². The van der Waals surface area contributed by atoms with Crippen LogP contribution in [0.2, 0.25) is 0 Å². The lowest BCUT2D eigenvalue weighted by Crippen LogP contribution is -2.43. The minimum absolute atomic E-state index is 0.00550. The minimum Gasteiger partial charge on any atom is -0.299 e. The zero-order valence-corrected chi connectivity index (χ0v) is 19.2. The number of halogens is 8. The zero-order valence-electron chi connectivity index (χ0n) is 19.2. The summed E-state index contributed by atoms with van der Waals surface area (Å²) in [5.41, 5.74) is -1.99. The summed E-state index contributed by atoms with van der Waals surface area (Å²) in [6.07, 6.45) is -9.93. The molecule has 3 aromatic rings. The molecule has 0 radical (unpaired) electrons. The molecule has 10 heteroatoms. The number of likely N-dealkylation sites (tertiary alicyclic amines) is 1. The van der Waals surface area contributed by atoms with Crippen LogP contribution in [-0.4, -0.2) is 23.8 Å². The number of hydrogen-bond donors (Lipinski definition) is 0. The van der Waals surface area contributed by atoms with Gasteiger partial charge in [-0.3, -0.25) is 9.69 Å². The van der Waals surface area contributed by atoms with E-state index in [-0.39, 0.29) is 43.5 Å². The van der Waals surface area contributed by atoms with Gasteiger partial charge in [0.25, 0.3) is 0 Å². The molecule has 4 rings (SSSR count). The van der Waals surface area contributed by atoms with Crippen LogP contribution in [0.15, 0.2) is 66.7 Å². The van der Waals surface area contributed by atoms with E-state index >= 15 is 0 Å². The number of rotatable bonds is 5. The number of piperidine rings is 1. The van der Waals surface area contributed by atoms with Crippen LogP contribution >= 0.6 is 0 Å². The molecule has 1 atom stereocenters. The van der Waals surface area contributed by atoms with Gasteiger partial charge < -0.3 is 0 Å². The zero-order chi connectivity index (χ0) is 27.0. The highest BCUT2D eigenvalue weighted by Crippen LogP contribution is 2.39. The Morgan fingerprint density at radius 3 is 1.81 bits per heavy atom. The normalized spacial score (nSPS) is 17.4. The Labute approximate surface area is 207 Å². The summed E-state index contributed by atoms with van der Waals surface area (Å²) in [5.74, 6) is -2.56. The smallest absolute Gasteiger partial charge is 0.299 e. The van der Waals surface area contributed by atoms with E-state index in [2.05, 4.69) is 0 Å². The molecule has 0 N–H and O–H groups in total. The van der Waals surface area contributed by atoms with Gasteiger partial charge in [-0.25, -0.2) is 8.78 Å². The van der Waals surface area contributed by atoms with Crippen molar-refractivity contribution in [3.63, 3.8) is 0 Å². The number of alkyl halides is 6. The molecule has 1 unspecified atom stereocenters. The first kappa shape index (κ1) is 26.8. The second-order valence-corrected chi connectivity index (χ2v) is 9.01. The van der Waals surface area contributed by atoms with Crippen LogP contribution in [0.3, 0.4) is 0 Å². The highest BCUT2D eigenvalue weighted by atomic mass is 19.4. The molecular weight excluding hydrogens is 506 g/mol. The minimum atomic E-state index is -5.01. The average molecular weight is 527 g/mol. The highest BCUT2D eigenvalue weighted by molar-refractivity contribution is 5.83. The fraction of sp³-hybridized carbons (Fsp3) is 0.296. The van der Waals surface area contributed by atoms with Gasteiger partial charge in [-0.05, 0) is 53.1 Å². The number of carbonyl (C=O) groups is 1. The van der Waals surface area contributed by atoms with Crippen LogP contribution in [0.5, 0.6) is 0 Å². The van der Waals surface area contributed by atoms with E-state index in [0.717, 1.165) is 6.07 Å². The fourth-order valence-corrected chi connectivity index (χ4v) is 4.75. The van der Waals surface area contributed by atoms with Crippen molar-refractivity contribution in [1.29, 1.82) is 0 Å². The molecule has 1 saturated heterocycles. The number of nitrogens with zero attached hydrogens (tertiary/aromatic N) is 1. The Balaban J connectivity index is 1.67. The molecule has 3 aromatic carbocycles. The Bertz CT molecular complexity index is 1200. The molecule has 0 amide bonds. The number of ketones is 1. The Kier molecular flexibility index (Phi) is 7.41. The topological polar surface area (TPSA) is 20.3 Å². The van der Waals surface area contributed by atoms with Gasteiger partial charge in [-0.15, -0.1) is 0 Å². The van der Waals surface area contributed by atoms with Crippen molar-refractivity contribution in [2.24, 2.45) is 5.92 Å². The highest BCUT2D eigenvalue weighted by Gasteiger charge is 2.40. The average Bonchev–Trinajstić information content (AvgIpc) is 2.82. The second kappa shape index (κ2) is 10.2. The van der Waals surface area contributed by atoms with Crippen molar-refractivity contribution < 1.29 is 39.9 Å². The molecule has 0 saturated carbocycles. The SMILES string of the molecule is O=C1CCN(Cc2ccc(C(F)(F)F)cc2C(F)(F)F)CC1C(c1ccc(F)cc1)c1ccc(F)cc1. The lowest BCUT2D eigenvalue weighted by atomic mass is 9.76. The molecule has 0 spiro atoms. The van der Waals surface area contributed by atoms with Crippen LogP contribution in [0.25, 0.3) is 0 Å². The predicted molar refractivity (Wildman–Crippen MR) is 119 cm³/mol. The Hall–Kier alpha value is -3.27. The summed E-state index contributed by atoms with van der Waals surface area (Å²) < 4.78 is 107. The van der Waals surface area contributed by atoms with E-state index in [1.165, 1.54) is 48.5 Å². The maximum absolute atomic E-state index is 13.6. The Morgan fingerprint density at radius 1 is 0.784 bits per heavy atom. The van der Waals surface area contributed by atoms with Gasteiger partial charge in [-0.2, -0.15) is 26.3 Å². The third kappa shape index (κ3) is 6.18. The van der Waals surface area contributed by atoms with Crippen LogP contribution in [0.1, 0.15) is 40.2 Å². The Morgan fingerprint density at radius 2 is 1.32 bits per heavy atom. The van der Waals surface area contributed by atoms with E-state index in [0.29, 0.717) is 17.2 Å². The molecule has 37 heavy (non-hydrogen) atoms. The molecule has 1 heterocycles. The summed E-state index contributed by atoms with van der Waals surface area (Å²) in [5, 5.41) is 0. The maximum Gasteiger partial charge on any atom is 0.416 e. The largest absolute Gasteiger partial charge is 0.416 e. The van der Waals surface area contributed by atoms with E-state index < -0.39 is 46.9 Å². The van der Waals surface area contributed by atoms with E-state index in [1.807, 2.05) is 0 Å². The van der Waals surface area contributed by atoms with Crippen LogP contribution in [-0.2, 0) is 23.7 Å². The molecule has 0 aromatic heterocycles. The van der Waals surface area contributed by atoms with Crippen LogP contribution in [0.4, 0.5) is 35.1 Å². The van der Waals surface area contributed by atoms with Crippen molar-refractivity contribution >= 4 is 5.78 Å². The molecule has 1 aliphatic heterocycles. The van der Waals surface area contributed by atoms with Gasteiger partial charge in [0, 0.05) is 37.9 Å². The maximum atomic E-state index is 13.6. The van der Waals surface area contributed by atoms with Crippen molar-refractivity contribution in [2.45, 2.75) is 31.2 Å². The molecule has 1 fully saturated rings. The van der Waals surface area contributed by atoms with Crippen molar-refractivity contribution in [3.05, 3.63) is 106 Å². The first-order valence-electron chi connectivity index (χ1n) is 11.4. The predicted octanol–water partition coefficient (Wildman–Crippen LogP) is 7.23. The van der Waals surface area contributed by atoms with Gasteiger partial charge >= 0.3 is 12.4 Å². The first-order chi connectivity index (χ1) is 17.3. The third-order valence-corrected chi connectivity index (χ3v) is 6.54. The molecule has 0 bridgehead atoms. The quantitative estimate of drug-likeness (QED) is 0.327. The van der Waals surface area contributed by atoms with Crippen LogP contribution < -0.4 is 0 Å². The van der Waals surface area contributed by atoms with E-state index in [4.69, 9.17) is 0 Å². The van der Waals surface area contributed by atoms with Gasteiger partial charge in [0.05, 0.1) is 11.1 Å². The van der Waals surface area contributed by atoms with Gasteiger partial charge in [-0.1, -0.05) is 30.3 Å². The van der Waals surface area contributed by atoms with Gasteiger partial charge in [0.2, 0.25) is 0 Å². The number of hydrogen-bond acceptors (Lipinski definition) is 2. The lowest BCUT2D eigenvalue weighted by Gasteiger charge is -2.37. The summed E-state index contributed by atoms with van der Waals surface area (Å²) in [6, 6.07) is 12.4. The molecule has 1 aliphatic rings. The summed E-state index contributed by atoms with van der Waals surface area (Å²) in [7, 11) is 0. The summed E-state index contributed by atoms with van der Waals surface area (Å²) in [6.45, 7) is -0.194. The summed E-state index contributed by atoms with van der Waals surface area (Å²) >= 11 is 0. The van der Waals surface area contributed by atoms with Gasteiger partial charge in [0.15, 0.2) is 0 Å². The number of carbonyl (C=O) groups excluding carboxylic acids is 1. The van der Waals surface area contributed by atoms with Crippen molar-refractivity contribution in [3.8, 4) is 0 Å². The third-order valence-electron chi connectivity index (χ3n) is 6.54. The number of benzene rings is 3. The summed E-state index contributed by atoms with van der Waals surface area (Å²) in [4.78, 5) is 14.6. The van der Waals surface area contributed by atoms with Crippen LogP contribution in [0, 0.1) is 17.6 Å².